The van der Waals surface area contributed by atoms with Crippen LogP contribution in [0.25, 0.3) is 5.69 Å². The number of nitrogens with zero attached hydrogens (tertiary/aromatic N) is 2. The summed E-state index contributed by atoms with van der Waals surface area (Å²) in [6.45, 7) is 1.51. The van der Waals surface area contributed by atoms with Crippen LogP contribution in [0, 0.1) is 12.7 Å². The van der Waals surface area contributed by atoms with E-state index in [0.29, 0.717) is 11.3 Å². The minimum atomic E-state index is -0.406. The molecular weight excluding hydrogens is 231 g/mol. The average molecular weight is 241 g/mol. The predicted molar refractivity (Wildman–Crippen MR) is 59.2 cm³/mol. The van der Waals surface area contributed by atoms with Gasteiger partial charge in [-0.15, -0.1) is 0 Å². The topological polar surface area (TPSA) is 38.0 Å². The van der Waals surface area contributed by atoms with Crippen molar-refractivity contribution in [2.45, 2.75) is 13.5 Å². The van der Waals surface area contributed by atoms with Gasteiger partial charge in [-0.1, -0.05) is 23.7 Å². The average Bonchev–Trinajstić information content (AvgIpc) is 2.55. The fourth-order valence-electron chi connectivity index (χ4n) is 1.49. The maximum atomic E-state index is 13.5. The molecule has 0 bridgehead atoms. The Labute approximate surface area is 97.1 Å². The molecule has 0 spiro atoms. The highest BCUT2D eigenvalue weighted by molar-refractivity contribution is 6.30. The number of hydrogen-bond donors (Lipinski definition) is 1. The molecule has 0 aliphatic rings. The third kappa shape index (κ3) is 1.70. The zero-order chi connectivity index (χ0) is 11.7. The molecule has 16 heavy (non-hydrogen) atoms. The van der Waals surface area contributed by atoms with E-state index in [1.54, 1.807) is 25.1 Å². The number of para-hydroxylation sites is 1. The van der Waals surface area contributed by atoms with Crippen molar-refractivity contribution in [3.8, 4) is 5.69 Å². The first-order valence-electron chi connectivity index (χ1n) is 4.75. The zero-order valence-electron chi connectivity index (χ0n) is 8.61. The van der Waals surface area contributed by atoms with Crippen LogP contribution >= 0.6 is 11.6 Å². The Bertz CT molecular complexity index is 525. The van der Waals surface area contributed by atoms with E-state index in [1.165, 1.54) is 10.7 Å². The van der Waals surface area contributed by atoms with Crippen LogP contribution in [0.1, 0.15) is 11.3 Å². The molecule has 1 aromatic carbocycles. The Morgan fingerprint density at radius 1 is 1.44 bits per heavy atom. The summed E-state index contributed by atoms with van der Waals surface area (Å²) in [5.74, 6) is -0.406. The number of aryl methyl sites for hydroxylation is 1. The van der Waals surface area contributed by atoms with Crippen molar-refractivity contribution in [1.82, 2.24) is 9.78 Å². The first-order chi connectivity index (χ1) is 7.65. The summed E-state index contributed by atoms with van der Waals surface area (Å²) in [7, 11) is 0. The highest BCUT2D eigenvalue weighted by Gasteiger charge is 2.15. The molecule has 2 aromatic rings. The lowest BCUT2D eigenvalue weighted by molar-refractivity contribution is 0.281. The number of hydrogen-bond acceptors (Lipinski definition) is 2. The van der Waals surface area contributed by atoms with Gasteiger partial charge in [0.1, 0.15) is 16.7 Å². The van der Waals surface area contributed by atoms with Gasteiger partial charge in [-0.3, -0.25) is 0 Å². The normalized spacial score (nSPS) is 10.8. The second kappa shape index (κ2) is 4.23. The lowest BCUT2D eigenvalue weighted by Gasteiger charge is -2.04. The molecule has 1 aromatic heterocycles. The highest BCUT2D eigenvalue weighted by Crippen LogP contribution is 2.24. The van der Waals surface area contributed by atoms with E-state index in [1.807, 2.05) is 0 Å². The van der Waals surface area contributed by atoms with Gasteiger partial charge in [-0.05, 0) is 19.1 Å². The summed E-state index contributed by atoms with van der Waals surface area (Å²) in [4.78, 5) is 0. The van der Waals surface area contributed by atoms with Crippen molar-refractivity contribution >= 4 is 11.6 Å². The van der Waals surface area contributed by atoms with Gasteiger partial charge in [0.2, 0.25) is 0 Å². The van der Waals surface area contributed by atoms with Crippen molar-refractivity contribution in [3.63, 3.8) is 0 Å². The number of aliphatic hydroxyl groups excluding tert-OH is 1. The highest BCUT2D eigenvalue weighted by atomic mass is 35.5. The van der Waals surface area contributed by atoms with E-state index in [-0.39, 0.29) is 17.4 Å². The largest absolute Gasteiger partial charge is 0.391 e. The Hall–Kier alpha value is -1.39. The summed E-state index contributed by atoms with van der Waals surface area (Å²) >= 11 is 6.01. The summed E-state index contributed by atoms with van der Waals surface area (Å²) < 4.78 is 14.8. The van der Waals surface area contributed by atoms with Crippen molar-refractivity contribution in [1.29, 1.82) is 0 Å². The Kier molecular flexibility index (Phi) is 2.94. The van der Waals surface area contributed by atoms with Gasteiger partial charge in [0, 0.05) is 5.56 Å². The molecule has 1 N–H and O–H groups in total. The molecule has 2 rings (SSSR count). The molecule has 5 heteroatoms. The predicted octanol–water partition coefficient (Wildman–Crippen LogP) is 2.47. The number of halogens is 2. The lowest BCUT2D eigenvalue weighted by Crippen LogP contribution is -1.99. The van der Waals surface area contributed by atoms with Crippen LogP contribution in [-0.2, 0) is 6.61 Å². The quantitative estimate of drug-likeness (QED) is 0.876. The van der Waals surface area contributed by atoms with Gasteiger partial charge in [-0.2, -0.15) is 5.10 Å². The molecule has 0 fully saturated rings. The molecule has 1 heterocycles. The fraction of sp³-hybridized carbons (Fsp3) is 0.182. The molecule has 0 aliphatic carbocycles. The van der Waals surface area contributed by atoms with E-state index >= 15 is 0 Å². The first kappa shape index (κ1) is 11.1. The molecule has 0 saturated carbocycles. The van der Waals surface area contributed by atoms with Gasteiger partial charge < -0.3 is 5.11 Å². The second-order valence-electron chi connectivity index (χ2n) is 3.38. The van der Waals surface area contributed by atoms with Gasteiger partial charge in [0.25, 0.3) is 0 Å². The molecular formula is C11H10ClFN2O. The third-order valence-corrected chi connectivity index (χ3v) is 2.75. The Morgan fingerprint density at radius 2 is 2.12 bits per heavy atom. The lowest BCUT2D eigenvalue weighted by atomic mass is 10.3. The summed E-state index contributed by atoms with van der Waals surface area (Å²) in [6.07, 6.45) is 0. The van der Waals surface area contributed by atoms with Crippen molar-refractivity contribution in [2.24, 2.45) is 0 Å². The minimum Gasteiger partial charge on any atom is -0.391 e. The molecule has 3 nitrogen and oxygen atoms in total. The van der Waals surface area contributed by atoms with Crippen LogP contribution in [0.4, 0.5) is 4.39 Å². The maximum Gasteiger partial charge on any atom is 0.148 e. The summed E-state index contributed by atoms with van der Waals surface area (Å²) in [6, 6.07) is 6.20. The monoisotopic (exact) mass is 240 g/mol. The Balaban J connectivity index is 2.62. The van der Waals surface area contributed by atoms with Crippen LogP contribution < -0.4 is 0 Å². The molecule has 0 amide bonds. The van der Waals surface area contributed by atoms with Gasteiger partial charge in [0.05, 0.1) is 12.3 Å². The van der Waals surface area contributed by atoms with E-state index in [4.69, 9.17) is 16.7 Å². The second-order valence-corrected chi connectivity index (χ2v) is 3.73. The zero-order valence-corrected chi connectivity index (χ0v) is 9.37. The molecule has 84 valence electrons. The van der Waals surface area contributed by atoms with Crippen LogP contribution in [0.5, 0.6) is 0 Å². The van der Waals surface area contributed by atoms with Crippen molar-refractivity contribution in [3.05, 3.63) is 46.5 Å². The first-order valence-corrected chi connectivity index (χ1v) is 5.12. The van der Waals surface area contributed by atoms with Crippen molar-refractivity contribution < 1.29 is 9.50 Å². The number of rotatable bonds is 2. The summed E-state index contributed by atoms with van der Waals surface area (Å²) in [5, 5.41) is 13.4. The van der Waals surface area contributed by atoms with E-state index < -0.39 is 5.82 Å². The number of aliphatic hydroxyl groups is 1. The van der Waals surface area contributed by atoms with Gasteiger partial charge in [-0.25, -0.2) is 9.07 Å². The Morgan fingerprint density at radius 3 is 2.69 bits per heavy atom. The number of aromatic nitrogens is 2. The standard InChI is InChI=1S/C11H10ClFN2O/c1-7-8(6-16)11(12)15(14-7)10-5-3-2-4-9(10)13/h2-5,16H,6H2,1H3. The van der Waals surface area contributed by atoms with Crippen LogP contribution in [0.3, 0.4) is 0 Å². The van der Waals surface area contributed by atoms with E-state index in [9.17, 15) is 4.39 Å². The molecule has 0 saturated heterocycles. The smallest absolute Gasteiger partial charge is 0.148 e. The minimum absolute atomic E-state index is 0.209. The maximum absolute atomic E-state index is 13.5. The third-order valence-electron chi connectivity index (χ3n) is 2.36. The van der Waals surface area contributed by atoms with Crippen LogP contribution in [0.15, 0.2) is 24.3 Å². The van der Waals surface area contributed by atoms with E-state index in [2.05, 4.69) is 5.10 Å². The fourth-order valence-corrected chi connectivity index (χ4v) is 1.82. The SMILES string of the molecule is Cc1nn(-c2ccccc2F)c(Cl)c1CO. The molecule has 0 unspecified atom stereocenters. The van der Waals surface area contributed by atoms with Gasteiger partial charge >= 0.3 is 0 Å². The van der Waals surface area contributed by atoms with Crippen molar-refractivity contribution in [2.75, 3.05) is 0 Å². The van der Waals surface area contributed by atoms with E-state index in [0.717, 1.165) is 0 Å². The summed E-state index contributed by atoms with van der Waals surface area (Å²) in [5.41, 5.74) is 1.39. The molecule has 0 atom stereocenters. The van der Waals surface area contributed by atoms with Gasteiger partial charge in [0.15, 0.2) is 0 Å². The van der Waals surface area contributed by atoms with Crippen LogP contribution in [0.2, 0.25) is 5.15 Å². The molecule has 0 radical (unpaired) electrons. The number of benzene rings is 1. The van der Waals surface area contributed by atoms with Crippen LogP contribution in [-0.4, -0.2) is 14.9 Å². The molecule has 0 aliphatic heterocycles.